The van der Waals surface area contributed by atoms with Crippen LogP contribution in [0.1, 0.15) is 28.8 Å². The number of rotatable bonds is 8. The molecule has 0 aliphatic heterocycles. The molecule has 0 unspecified atom stereocenters. The van der Waals surface area contributed by atoms with Crippen LogP contribution >= 0.6 is 0 Å². The van der Waals surface area contributed by atoms with Crippen LogP contribution in [0.3, 0.4) is 0 Å². The van der Waals surface area contributed by atoms with E-state index in [2.05, 4.69) is 10.0 Å². The summed E-state index contributed by atoms with van der Waals surface area (Å²) >= 11 is 0. The second-order valence-electron chi connectivity index (χ2n) is 6.39. The van der Waals surface area contributed by atoms with E-state index < -0.39 is 10.0 Å². The van der Waals surface area contributed by atoms with Crippen LogP contribution < -0.4 is 14.8 Å². The standard InChI is InChI=1S/C19H21FN2O4S/c1-26-17-9-4-14(12-18(17)27(24,25)22-16-7-8-16)19(23)21-11-10-13-2-5-15(20)6-3-13/h2-6,9,12,16,22H,7-8,10-11H2,1H3,(H,21,23). The Bertz CT molecular complexity index is 925. The van der Waals surface area contributed by atoms with Crippen molar-refractivity contribution in [3.63, 3.8) is 0 Å². The first kappa shape index (κ1) is 19.3. The molecule has 0 spiro atoms. The molecule has 3 rings (SSSR count). The quantitative estimate of drug-likeness (QED) is 0.722. The van der Waals surface area contributed by atoms with Crippen molar-refractivity contribution in [2.45, 2.75) is 30.2 Å². The first-order valence-corrected chi connectivity index (χ1v) is 10.1. The number of methoxy groups -OCH3 is 1. The molecule has 8 heteroatoms. The van der Waals surface area contributed by atoms with E-state index in [1.807, 2.05) is 0 Å². The summed E-state index contributed by atoms with van der Waals surface area (Å²) in [5, 5.41) is 2.74. The molecular formula is C19H21FN2O4S. The Morgan fingerprint density at radius 3 is 2.52 bits per heavy atom. The summed E-state index contributed by atoms with van der Waals surface area (Å²) in [6.45, 7) is 0.346. The molecule has 0 radical (unpaired) electrons. The summed E-state index contributed by atoms with van der Waals surface area (Å²) in [5.74, 6) is -0.511. The second kappa shape index (κ2) is 8.06. The van der Waals surface area contributed by atoms with Crippen molar-refractivity contribution in [1.29, 1.82) is 0 Å². The second-order valence-corrected chi connectivity index (χ2v) is 8.08. The zero-order valence-electron chi connectivity index (χ0n) is 14.9. The van der Waals surface area contributed by atoms with Crippen LogP contribution in [0.5, 0.6) is 5.75 Å². The zero-order chi connectivity index (χ0) is 19.4. The van der Waals surface area contributed by atoms with Gasteiger partial charge in [-0.05, 0) is 55.2 Å². The molecule has 2 aromatic carbocycles. The van der Waals surface area contributed by atoms with Crippen molar-refractivity contribution in [3.8, 4) is 5.75 Å². The normalized spacial score (nSPS) is 14.0. The molecular weight excluding hydrogens is 371 g/mol. The Kier molecular flexibility index (Phi) is 5.76. The minimum Gasteiger partial charge on any atom is -0.495 e. The smallest absolute Gasteiger partial charge is 0.251 e. The highest BCUT2D eigenvalue weighted by molar-refractivity contribution is 7.89. The van der Waals surface area contributed by atoms with Crippen molar-refractivity contribution in [2.75, 3.05) is 13.7 Å². The molecule has 1 aliphatic rings. The third-order valence-corrected chi connectivity index (χ3v) is 5.77. The average Bonchev–Trinajstić information content (AvgIpc) is 3.46. The Balaban J connectivity index is 1.69. The molecule has 2 aromatic rings. The molecule has 6 nitrogen and oxygen atoms in total. The lowest BCUT2D eigenvalue weighted by Crippen LogP contribution is -2.28. The van der Waals surface area contributed by atoms with E-state index in [4.69, 9.17) is 4.74 Å². The number of carbonyl (C=O) groups is 1. The van der Waals surface area contributed by atoms with Gasteiger partial charge in [0.05, 0.1) is 7.11 Å². The molecule has 27 heavy (non-hydrogen) atoms. The summed E-state index contributed by atoms with van der Waals surface area (Å²) in [6.07, 6.45) is 2.16. The molecule has 0 bridgehead atoms. The first-order chi connectivity index (χ1) is 12.9. The highest BCUT2D eigenvalue weighted by atomic mass is 32.2. The van der Waals surface area contributed by atoms with Crippen molar-refractivity contribution in [3.05, 3.63) is 59.4 Å². The molecule has 0 atom stereocenters. The summed E-state index contributed by atoms with van der Waals surface area (Å²) < 4.78 is 45.6. The van der Waals surface area contributed by atoms with E-state index in [0.29, 0.717) is 13.0 Å². The molecule has 144 valence electrons. The lowest BCUT2D eigenvalue weighted by atomic mass is 10.1. The lowest BCUT2D eigenvalue weighted by molar-refractivity contribution is 0.0954. The molecule has 0 aromatic heterocycles. The van der Waals surface area contributed by atoms with E-state index in [9.17, 15) is 17.6 Å². The Hall–Kier alpha value is -2.45. The number of benzene rings is 2. The minimum absolute atomic E-state index is 0.0482. The number of hydrogen-bond acceptors (Lipinski definition) is 4. The van der Waals surface area contributed by atoms with Gasteiger partial charge in [0.15, 0.2) is 0 Å². The number of halogens is 1. The third kappa shape index (κ3) is 5.05. The van der Waals surface area contributed by atoms with Gasteiger partial charge in [0, 0.05) is 18.2 Å². The van der Waals surface area contributed by atoms with Gasteiger partial charge in [-0.15, -0.1) is 0 Å². The molecule has 1 fully saturated rings. The number of nitrogens with one attached hydrogen (secondary N) is 2. The maximum absolute atomic E-state index is 12.9. The van der Waals surface area contributed by atoms with Gasteiger partial charge >= 0.3 is 0 Å². The average molecular weight is 392 g/mol. The van der Waals surface area contributed by atoms with Crippen molar-refractivity contribution < 1.29 is 22.3 Å². The number of hydrogen-bond donors (Lipinski definition) is 2. The van der Waals surface area contributed by atoms with Crippen LogP contribution in [0.25, 0.3) is 0 Å². The molecule has 1 amide bonds. The number of amides is 1. The monoisotopic (exact) mass is 392 g/mol. The predicted octanol–water partition coefficient (Wildman–Crippen LogP) is 2.25. The predicted molar refractivity (Wildman–Crippen MR) is 98.8 cm³/mol. The Labute approximate surface area is 157 Å². The van der Waals surface area contributed by atoms with Crippen LogP contribution in [-0.4, -0.2) is 34.0 Å². The van der Waals surface area contributed by atoms with Gasteiger partial charge in [0.1, 0.15) is 16.5 Å². The van der Waals surface area contributed by atoms with Gasteiger partial charge in [-0.25, -0.2) is 17.5 Å². The summed E-state index contributed by atoms with van der Waals surface area (Å²) in [4.78, 5) is 12.3. The van der Waals surface area contributed by atoms with E-state index in [1.54, 1.807) is 12.1 Å². The summed E-state index contributed by atoms with van der Waals surface area (Å²) in [5.41, 5.74) is 1.12. The highest BCUT2D eigenvalue weighted by Gasteiger charge is 2.30. The lowest BCUT2D eigenvalue weighted by Gasteiger charge is -2.12. The summed E-state index contributed by atoms with van der Waals surface area (Å²) in [7, 11) is -2.37. The fraction of sp³-hybridized carbons (Fsp3) is 0.316. The van der Waals surface area contributed by atoms with E-state index in [0.717, 1.165) is 18.4 Å². The molecule has 0 heterocycles. The molecule has 1 saturated carbocycles. The van der Waals surface area contributed by atoms with Crippen LogP contribution in [0.4, 0.5) is 4.39 Å². The largest absolute Gasteiger partial charge is 0.495 e. The maximum Gasteiger partial charge on any atom is 0.251 e. The van der Waals surface area contributed by atoms with Crippen LogP contribution in [0.15, 0.2) is 47.4 Å². The highest BCUT2D eigenvalue weighted by Crippen LogP contribution is 2.28. The zero-order valence-corrected chi connectivity index (χ0v) is 15.7. The van der Waals surface area contributed by atoms with E-state index in [1.165, 1.54) is 37.4 Å². The number of ether oxygens (including phenoxy) is 1. The van der Waals surface area contributed by atoms with E-state index in [-0.39, 0.29) is 34.0 Å². The van der Waals surface area contributed by atoms with Gasteiger partial charge in [-0.1, -0.05) is 12.1 Å². The van der Waals surface area contributed by atoms with E-state index >= 15 is 0 Å². The molecule has 2 N–H and O–H groups in total. The minimum atomic E-state index is -3.75. The van der Waals surface area contributed by atoms with Gasteiger partial charge < -0.3 is 10.1 Å². The Morgan fingerprint density at radius 2 is 1.89 bits per heavy atom. The summed E-state index contributed by atoms with van der Waals surface area (Å²) in [6, 6.07) is 10.3. The van der Waals surface area contributed by atoms with Gasteiger partial charge in [0.25, 0.3) is 5.91 Å². The molecule has 1 aliphatic carbocycles. The van der Waals surface area contributed by atoms with Crippen molar-refractivity contribution in [2.24, 2.45) is 0 Å². The van der Waals surface area contributed by atoms with Gasteiger partial charge in [-0.3, -0.25) is 4.79 Å². The van der Waals surface area contributed by atoms with Crippen molar-refractivity contribution in [1.82, 2.24) is 10.0 Å². The number of carbonyl (C=O) groups excluding carboxylic acids is 1. The van der Waals surface area contributed by atoms with Crippen LogP contribution in [0.2, 0.25) is 0 Å². The van der Waals surface area contributed by atoms with Crippen LogP contribution in [-0.2, 0) is 16.4 Å². The van der Waals surface area contributed by atoms with Gasteiger partial charge in [-0.2, -0.15) is 0 Å². The number of sulfonamides is 1. The topological polar surface area (TPSA) is 84.5 Å². The SMILES string of the molecule is COc1ccc(C(=O)NCCc2ccc(F)cc2)cc1S(=O)(=O)NC1CC1. The van der Waals surface area contributed by atoms with Gasteiger partial charge in [0.2, 0.25) is 10.0 Å². The van der Waals surface area contributed by atoms with Crippen molar-refractivity contribution >= 4 is 15.9 Å². The maximum atomic E-state index is 12.9. The fourth-order valence-corrected chi connectivity index (χ4v) is 4.09. The fourth-order valence-electron chi connectivity index (χ4n) is 2.59. The Morgan fingerprint density at radius 1 is 1.19 bits per heavy atom. The van der Waals surface area contributed by atoms with Crippen LogP contribution in [0, 0.1) is 5.82 Å². The molecule has 0 saturated heterocycles. The first-order valence-electron chi connectivity index (χ1n) is 8.62. The third-order valence-electron chi connectivity index (χ3n) is 4.23.